The maximum atomic E-state index is 5.71. The number of nitrogens with one attached hydrogen (secondary N) is 2. The quantitative estimate of drug-likeness (QED) is 0.267. The minimum Gasteiger partial charge on any atom is -0.492 e. The van der Waals surface area contributed by atoms with E-state index in [1.807, 2.05) is 24.3 Å². The molecule has 144 valence electrons. The highest BCUT2D eigenvalue weighted by Gasteiger charge is 2.13. The maximum absolute atomic E-state index is 5.71. The lowest BCUT2D eigenvalue weighted by Gasteiger charge is -2.13. The Hall–Kier alpha value is -1.77. The fraction of sp³-hybridized carbons (Fsp3) is 0.474. The average molecular weight is 472 g/mol. The molecule has 6 nitrogen and oxygen atoms in total. The Morgan fingerprint density at radius 1 is 1.15 bits per heavy atom. The number of benzene rings is 1. The second-order valence-electron chi connectivity index (χ2n) is 5.75. The van der Waals surface area contributed by atoms with Crippen molar-refractivity contribution in [2.45, 2.75) is 40.2 Å². The van der Waals surface area contributed by atoms with E-state index in [1.165, 1.54) is 5.56 Å². The van der Waals surface area contributed by atoms with E-state index in [4.69, 9.17) is 9.26 Å². The fourth-order valence-electron chi connectivity index (χ4n) is 2.50. The predicted octanol–water partition coefficient (Wildman–Crippen LogP) is 3.47. The van der Waals surface area contributed by atoms with Gasteiger partial charge < -0.3 is 19.9 Å². The molecule has 2 aromatic rings. The van der Waals surface area contributed by atoms with Crippen molar-refractivity contribution in [3.63, 3.8) is 0 Å². The van der Waals surface area contributed by atoms with Crippen molar-refractivity contribution in [1.82, 2.24) is 15.8 Å². The van der Waals surface area contributed by atoms with Crippen molar-refractivity contribution in [3.05, 3.63) is 46.8 Å². The first-order chi connectivity index (χ1) is 12.2. The van der Waals surface area contributed by atoms with Gasteiger partial charge in [-0.1, -0.05) is 36.7 Å². The number of halogens is 1. The van der Waals surface area contributed by atoms with Crippen LogP contribution < -0.4 is 15.4 Å². The number of guanidine groups is 1. The van der Waals surface area contributed by atoms with Crippen molar-refractivity contribution < 1.29 is 9.26 Å². The summed E-state index contributed by atoms with van der Waals surface area (Å²) in [6, 6.07) is 8.04. The van der Waals surface area contributed by atoms with Crippen LogP contribution >= 0.6 is 24.0 Å². The van der Waals surface area contributed by atoms with Gasteiger partial charge in [-0.2, -0.15) is 0 Å². The van der Waals surface area contributed by atoms with Gasteiger partial charge in [0.15, 0.2) is 5.96 Å². The van der Waals surface area contributed by atoms with Gasteiger partial charge in [0.1, 0.15) is 18.1 Å². The molecular formula is C19H29IN4O2. The summed E-state index contributed by atoms with van der Waals surface area (Å²) in [5.74, 6) is 2.54. The fourth-order valence-corrected chi connectivity index (χ4v) is 2.50. The molecule has 0 spiro atoms. The van der Waals surface area contributed by atoms with Gasteiger partial charge in [0.05, 0.1) is 12.2 Å². The van der Waals surface area contributed by atoms with Gasteiger partial charge in [0.25, 0.3) is 0 Å². The summed E-state index contributed by atoms with van der Waals surface area (Å²) >= 11 is 0. The van der Waals surface area contributed by atoms with E-state index in [1.54, 1.807) is 7.05 Å². The molecule has 2 N–H and O–H groups in total. The molecule has 7 heteroatoms. The third kappa shape index (κ3) is 6.51. The van der Waals surface area contributed by atoms with E-state index in [0.717, 1.165) is 41.6 Å². The van der Waals surface area contributed by atoms with Gasteiger partial charge in [-0.3, -0.25) is 4.99 Å². The van der Waals surface area contributed by atoms with Crippen molar-refractivity contribution in [1.29, 1.82) is 0 Å². The molecule has 1 aromatic heterocycles. The van der Waals surface area contributed by atoms with Crippen molar-refractivity contribution in [2.24, 2.45) is 4.99 Å². The Morgan fingerprint density at radius 3 is 2.50 bits per heavy atom. The van der Waals surface area contributed by atoms with Crippen LogP contribution in [-0.2, 0) is 19.4 Å². The Morgan fingerprint density at radius 2 is 1.88 bits per heavy atom. The minimum atomic E-state index is 0. The number of hydrogen-bond acceptors (Lipinski definition) is 4. The van der Waals surface area contributed by atoms with Crippen LogP contribution in [0.15, 0.2) is 33.8 Å². The third-order valence-corrected chi connectivity index (χ3v) is 3.95. The van der Waals surface area contributed by atoms with Crippen LogP contribution in [0.1, 0.15) is 36.4 Å². The molecule has 0 bridgehead atoms. The van der Waals surface area contributed by atoms with Gasteiger partial charge in [-0.05, 0) is 25.5 Å². The molecule has 0 radical (unpaired) electrons. The largest absolute Gasteiger partial charge is 0.492 e. The van der Waals surface area contributed by atoms with E-state index in [2.05, 4.69) is 41.6 Å². The summed E-state index contributed by atoms with van der Waals surface area (Å²) in [5.41, 5.74) is 3.35. The number of ether oxygens (including phenoxy) is 1. The molecule has 0 aliphatic rings. The number of nitrogens with zero attached hydrogens (tertiary/aromatic N) is 2. The zero-order valence-electron chi connectivity index (χ0n) is 16.0. The van der Waals surface area contributed by atoms with E-state index in [-0.39, 0.29) is 24.0 Å². The van der Waals surface area contributed by atoms with Crippen LogP contribution in [0.4, 0.5) is 0 Å². The highest BCUT2D eigenvalue weighted by Crippen LogP contribution is 2.15. The maximum Gasteiger partial charge on any atom is 0.191 e. The van der Waals surface area contributed by atoms with E-state index in [9.17, 15) is 0 Å². The Kier molecular flexibility index (Phi) is 10.1. The zero-order chi connectivity index (χ0) is 18.1. The summed E-state index contributed by atoms with van der Waals surface area (Å²) < 4.78 is 11.1. The normalized spacial score (nSPS) is 11.0. The molecule has 26 heavy (non-hydrogen) atoms. The van der Waals surface area contributed by atoms with Crippen molar-refractivity contribution in [2.75, 3.05) is 20.2 Å². The van der Waals surface area contributed by atoms with Gasteiger partial charge in [0.2, 0.25) is 0 Å². The van der Waals surface area contributed by atoms with E-state index >= 15 is 0 Å². The van der Waals surface area contributed by atoms with Crippen LogP contribution in [0, 0.1) is 6.92 Å². The van der Waals surface area contributed by atoms with Gasteiger partial charge in [-0.15, -0.1) is 24.0 Å². The standard InChI is InChI=1S/C19H28N4O2.HI/c1-5-17-16(18(6-2)25-23-17)13-22-19(20-4)21-11-12-24-15-9-7-14(3)8-10-15;/h7-10H,5-6,11-13H2,1-4H3,(H2,20,21,22);1H. The first kappa shape index (κ1) is 22.3. The number of aryl methyl sites for hydroxylation is 3. The lowest BCUT2D eigenvalue weighted by atomic mass is 10.1. The summed E-state index contributed by atoms with van der Waals surface area (Å²) in [4.78, 5) is 4.24. The number of rotatable bonds is 8. The predicted molar refractivity (Wildman–Crippen MR) is 116 cm³/mol. The molecule has 0 fully saturated rings. The summed E-state index contributed by atoms with van der Waals surface area (Å²) in [6.45, 7) is 8.09. The highest BCUT2D eigenvalue weighted by atomic mass is 127. The Labute approximate surface area is 172 Å². The summed E-state index contributed by atoms with van der Waals surface area (Å²) in [6.07, 6.45) is 1.69. The molecule has 1 aromatic carbocycles. The number of aromatic nitrogens is 1. The summed E-state index contributed by atoms with van der Waals surface area (Å²) in [5, 5.41) is 10.7. The molecular weight excluding hydrogens is 443 g/mol. The zero-order valence-corrected chi connectivity index (χ0v) is 18.3. The number of hydrogen-bond donors (Lipinski definition) is 2. The minimum absolute atomic E-state index is 0. The van der Waals surface area contributed by atoms with Crippen LogP contribution in [-0.4, -0.2) is 31.3 Å². The smallest absolute Gasteiger partial charge is 0.191 e. The van der Waals surface area contributed by atoms with E-state index in [0.29, 0.717) is 19.7 Å². The molecule has 0 aliphatic heterocycles. The highest BCUT2D eigenvalue weighted by molar-refractivity contribution is 14.0. The Bertz CT molecular complexity index is 662. The molecule has 0 unspecified atom stereocenters. The third-order valence-electron chi connectivity index (χ3n) is 3.95. The average Bonchev–Trinajstić information content (AvgIpc) is 3.04. The summed E-state index contributed by atoms with van der Waals surface area (Å²) in [7, 11) is 1.76. The second-order valence-corrected chi connectivity index (χ2v) is 5.75. The van der Waals surface area contributed by atoms with Crippen LogP contribution in [0.25, 0.3) is 0 Å². The molecule has 1 heterocycles. The van der Waals surface area contributed by atoms with Crippen LogP contribution in [0.5, 0.6) is 5.75 Å². The molecule has 0 amide bonds. The topological polar surface area (TPSA) is 71.7 Å². The van der Waals surface area contributed by atoms with Gasteiger partial charge in [0, 0.05) is 25.6 Å². The van der Waals surface area contributed by atoms with Crippen molar-refractivity contribution in [3.8, 4) is 5.75 Å². The molecule has 0 saturated carbocycles. The SMILES string of the molecule is CCc1noc(CC)c1CNC(=NC)NCCOc1ccc(C)cc1.I. The molecule has 0 atom stereocenters. The molecule has 0 aliphatic carbocycles. The van der Waals surface area contributed by atoms with Gasteiger partial charge >= 0.3 is 0 Å². The second kappa shape index (κ2) is 11.8. The first-order valence-electron chi connectivity index (χ1n) is 8.78. The lowest BCUT2D eigenvalue weighted by molar-refractivity contribution is 0.322. The Balaban J connectivity index is 0.00000338. The van der Waals surface area contributed by atoms with Crippen LogP contribution in [0.3, 0.4) is 0 Å². The monoisotopic (exact) mass is 472 g/mol. The molecule has 0 saturated heterocycles. The lowest BCUT2D eigenvalue weighted by Crippen LogP contribution is -2.39. The van der Waals surface area contributed by atoms with E-state index < -0.39 is 0 Å². The van der Waals surface area contributed by atoms with Crippen LogP contribution in [0.2, 0.25) is 0 Å². The molecule has 2 rings (SSSR count). The van der Waals surface area contributed by atoms with Crippen molar-refractivity contribution >= 4 is 29.9 Å². The first-order valence-corrected chi connectivity index (χ1v) is 8.78. The van der Waals surface area contributed by atoms with Gasteiger partial charge in [-0.25, -0.2) is 0 Å². The number of aliphatic imine (C=N–C) groups is 1.